The summed E-state index contributed by atoms with van der Waals surface area (Å²) in [5.74, 6) is -0.473. The Balaban J connectivity index is 2.60. The van der Waals surface area contributed by atoms with Crippen LogP contribution in [0.1, 0.15) is 11.1 Å². The van der Waals surface area contributed by atoms with E-state index in [-0.39, 0.29) is 34.7 Å². The molecule has 126 valence electrons. The lowest BCUT2D eigenvalue weighted by molar-refractivity contribution is -0.384. The second-order valence-corrected chi connectivity index (χ2v) is 4.97. The van der Waals surface area contributed by atoms with Crippen molar-refractivity contribution in [2.24, 2.45) is 10.2 Å². The van der Waals surface area contributed by atoms with Gasteiger partial charge in [0.05, 0.1) is 10.6 Å². The van der Waals surface area contributed by atoms with Gasteiger partial charge in [0.2, 0.25) is 5.88 Å². The van der Waals surface area contributed by atoms with Crippen LogP contribution in [0.3, 0.4) is 0 Å². The number of aromatic hydroxyl groups is 1. The normalized spacial score (nSPS) is 10.6. The topological polar surface area (TPSA) is 134 Å². The summed E-state index contributed by atoms with van der Waals surface area (Å²) in [6.07, 6.45) is 1.39. The highest BCUT2D eigenvalue weighted by molar-refractivity contribution is 5.57. The fraction of sp³-hybridized carbons (Fsp3) is 0.125. The first-order valence-electron chi connectivity index (χ1n) is 7.04. The first-order chi connectivity index (χ1) is 11.9. The van der Waals surface area contributed by atoms with Crippen molar-refractivity contribution in [1.82, 2.24) is 4.57 Å². The Labute approximate surface area is 142 Å². The van der Waals surface area contributed by atoms with Crippen LogP contribution < -0.4 is 5.56 Å². The number of non-ortho nitro benzene ring substituents is 1. The van der Waals surface area contributed by atoms with Crippen molar-refractivity contribution in [2.75, 3.05) is 0 Å². The van der Waals surface area contributed by atoms with E-state index in [9.17, 15) is 25.3 Å². The molecule has 2 rings (SSSR count). The van der Waals surface area contributed by atoms with Crippen LogP contribution in [0.25, 0.3) is 0 Å². The van der Waals surface area contributed by atoms with Crippen molar-refractivity contribution in [3.8, 4) is 11.9 Å². The number of pyridine rings is 1. The summed E-state index contributed by atoms with van der Waals surface area (Å²) in [7, 11) is 0. The van der Waals surface area contributed by atoms with E-state index in [4.69, 9.17) is 0 Å². The first-order valence-corrected chi connectivity index (χ1v) is 7.04. The molecule has 0 unspecified atom stereocenters. The van der Waals surface area contributed by atoms with Crippen LogP contribution in [0, 0.1) is 28.4 Å². The highest BCUT2D eigenvalue weighted by Crippen LogP contribution is 2.27. The molecular weight excluding hydrogens is 326 g/mol. The van der Waals surface area contributed by atoms with Gasteiger partial charge < -0.3 is 5.11 Å². The standard InChI is InChI=1S/C16H13N5O4/c1-3-7-20-15(22)13(9-17)10(2)14(16(20)23)19-18-11-5-4-6-12(8-11)21(24)25/h3-6,8,22H,1,7H2,2H3. The molecule has 0 fully saturated rings. The summed E-state index contributed by atoms with van der Waals surface area (Å²) in [5, 5.41) is 37.7. The van der Waals surface area contributed by atoms with E-state index in [0.29, 0.717) is 0 Å². The second kappa shape index (κ2) is 7.18. The van der Waals surface area contributed by atoms with E-state index in [1.165, 1.54) is 37.3 Å². The summed E-state index contributed by atoms with van der Waals surface area (Å²) >= 11 is 0. The van der Waals surface area contributed by atoms with Crippen molar-refractivity contribution in [3.63, 3.8) is 0 Å². The number of allylic oxidation sites excluding steroid dienone is 1. The highest BCUT2D eigenvalue weighted by atomic mass is 16.6. The Bertz CT molecular complexity index is 985. The fourth-order valence-corrected chi connectivity index (χ4v) is 2.13. The van der Waals surface area contributed by atoms with E-state index >= 15 is 0 Å². The lowest BCUT2D eigenvalue weighted by Crippen LogP contribution is -2.21. The van der Waals surface area contributed by atoms with E-state index in [0.717, 1.165) is 4.57 Å². The number of aromatic nitrogens is 1. The zero-order chi connectivity index (χ0) is 18.6. The molecule has 0 amide bonds. The molecule has 1 N–H and O–H groups in total. The van der Waals surface area contributed by atoms with Gasteiger partial charge in [-0.3, -0.25) is 19.5 Å². The minimum atomic E-state index is -0.650. The molecule has 1 heterocycles. The monoisotopic (exact) mass is 339 g/mol. The lowest BCUT2D eigenvalue weighted by Gasteiger charge is -2.11. The maximum absolute atomic E-state index is 12.4. The molecular formula is C16H13N5O4. The van der Waals surface area contributed by atoms with E-state index in [1.807, 2.05) is 6.07 Å². The van der Waals surface area contributed by atoms with Gasteiger partial charge in [-0.2, -0.15) is 10.4 Å². The van der Waals surface area contributed by atoms with Crippen LogP contribution >= 0.6 is 0 Å². The summed E-state index contributed by atoms with van der Waals surface area (Å²) < 4.78 is 0.945. The number of rotatable bonds is 5. The molecule has 9 nitrogen and oxygen atoms in total. The van der Waals surface area contributed by atoms with Crippen molar-refractivity contribution < 1.29 is 10.0 Å². The third-order valence-electron chi connectivity index (χ3n) is 3.39. The Morgan fingerprint density at radius 2 is 2.20 bits per heavy atom. The molecule has 0 bridgehead atoms. The summed E-state index contributed by atoms with van der Waals surface area (Å²) in [4.78, 5) is 22.7. The molecule has 0 aliphatic carbocycles. The van der Waals surface area contributed by atoms with Crippen molar-refractivity contribution in [1.29, 1.82) is 5.26 Å². The second-order valence-electron chi connectivity index (χ2n) is 4.97. The number of nitro groups is 1. The fourth-order valence-electron chi connectivity index (χ4n) is 2.13. The van der Waals surface area contributed by atoms with Crippen molar-refractivity contribution >= 4 is 17.1 Å². The molecule has 0 aliphatic rings. The Hall–Kier alpha value is -3.80. The predicted molar refractivity (Wildman–Crippen MR) is 89.3 cm³/mol. The summed E-state index contributed by atoms with van der Waals surface area (Å²) in [6, 6.07) is 7.24. The zero-order valence-corrected chi connectivity index (χ0v) is 13.2. The lowest BCUT2D eigenvalue weighted by atomic mass is 10.1. The molecule has 1 aromatic heterocycles. The summed E-state index contributed by atoms with van der Waals surface area (Å²) in [5.41, 5.74) is -0.713. The molecule has 0 atom stereocenters. The molecule has 2 aromatic rings. The SMILES string of the molecule is C=CCn1c(O)c(C#N)c(C)c(N=Nc2cccc([N+](=O)[O-])c2)c1=O. The maximum Gasteiger partial charge on any atom is 0.281 e. The smallest absolute Gasteiger partial charge is 0.281 e. The molecule has 0 radical (unpaired) electrons. The average Bonchev–Trinajstić information content (AvgIpc) is 2.59. The minimum absolute atomic E-state index is 0.0149. The third-order valence-corrected chi connectivity index (χ3v) is 3.39. The van der Waals surface area contributed by atoms with Crippen LogP contribution in [0.15, 0.2) is 51.9 Å². The third kappa shape index (κ3) is 3.42. The van der Waals surface area contributed by atoms with Crippen LogP contribution in [0.5, 0.6) is 5.88 Å². The van der Waals surface area contributed by atoms with Crippen LogP contribution in [0.2, 0.25) is 0 Å². The zero-order valence-electron chi connectivity index (χ0n) is 13.2. The van der Waals surface area contributed by atoms with E-state index in [1.54, 1.807) is 0 Å². The Morgan fingerprint density at radius 3 is 2.80 bits per heavy atom. The molecule has 0 saturated carbocycles. The largest absolute Gasteiger partial charge is 0.493 e. The van der Waals surface area contributed by atoms with Gasteiger partial charge in [0.25, 0.3) is 11.2 Å². The molecule has 0 aliphatic heterocycles. The van der Waals surface area contributed by atoms with Gasteiger partial charge in [-0.1, -0.05) is 12.1 Å². The van der Waals surface area contributed by atoms with Crippen LogP contribution in [-0.2, 0) is 6.54 Å². The van der Waals surface area contributed by atoms with Gasteiger partial charge in [0, 0.05) is 24.2 Å². The number of azo groups is 1. The highest BCUT2D eigenvalue weighted by Gasteiger charge is 2.18. The number of hydrogen-bond donors (Lipinski definition) is 1. The van der Waals surface area contributed by atoms with Crippen LogP contribution in [0.4, 0.5) is 17.1 Å². The van der Waals surface area contributed by atoms with Crippen molar-refractivity contribution in [2.45, 2.75) is 13.5 Å². The van der Waals surface area contributed by atoms with Crippen molar-refractivity contribution in [3.05, 3.63) is 68.5 Å². The minimum Gasteiger partial charge on any atom is -0.493 e. The number of nitriles is 1. The first kappa shape index (κ1) is 17.6. The molecule has 9 heteroatoms. The Morgan fingerprint density at radius 1 is 1.48 bits per heavy atom. The number of benzene rings is 1. The quantitative estimate of drug-likeness (QED) is 0.386. The van der Waals surface area contributed by atoms with Gasteiger partial charge in [0.15, 0.2) is 5.69 Å². The average molecular weight is 339 g/mol. The number of nitrogens with zero attached hydrogens (tertiary/aromatic N) is 5. The predicted octanol–water partition coefficient (Wildman–Crippen LogP) is 3.24. The van der Waals surface area contributed by atoms with Gasteiger partial charge >= 0.3 is 0 Å². The molecule has 1 aromatic carbocycles. The van der Waals surface area contributed by atoms with Gasteiger partial charge in [0.1, 0.15) is 11.6 Å². The number of hydrogen-bond acceptors (Lipinski definition) is 7. The van der Waals surface area contributed by atoms with Crippen LogP contribution in [-0.4, -0.2) is 14.6 Å². The van der Waals surface area contributed by atoms with Gasteiger partial charge in [-0.05, 0) is 13.0 Å². The van der Waals surface area contributed by atoms with Gasteiger partial charge in [-0.25, -0.2) is 0 Å². The van der Waals surface area contributed by atoms with E-state index < -0.39 is 16.4 Å². The molecule has 25 heavy (non-hydrogen) atoms. The summed E-state index contributed by atoms with van der Waals surface area (Å²) in [6.45, 7) is 4.94. The Kier molecular flexibility index (Phi) is 5.04. The van der Waals surface area contributed by atoms with Gasteiger partial charge in [-0.15, -0.1) is 11.7 Å². The maximum atomic E-state index is 12.4. The number of nitro benzene ring substituents is 1. The molecule has 0 spiro atoms. The molecule has 0 saturated heterocycles. The van der Waals surface area contributed by atoms with E-state index in [2.05, 4.69) is 16.8 Å².